The molecule has 0 radical (unpaired) electrons. The number of amides is 1. The van der Waals surface area contributed by atoms with Gasteiger partial charge in [-0.05, 0) is 24.3 Å². The number of piperazine rings is 1. The molecule has 20 heavy (non-hydrogen) atoms. The van der Waals surface area contributed by atoms with Crippen LogP contribution in [0.4, 0.5) is 0 Å². The SMILES string of the molecule is COc1ccc(SCCC(=O)N2CCNCC2)cc1.Cl. The minimum Gasteiger partial charge on any atom is -0.497 e. The monoisotopic (exact) mass is 316 g/mol. The fourth-order valence-electron chi connectivity index (χ4n) is 2.00. The highest BCUT2D eigenvalue weighted by Gasteiger charge is 2.15. The first-order valence-electron chi connectivity index (χ1n) is 6.55. The minimum atomic E-state index is 0. The van der Waals surface area contributed by atoms with E-state index < -0.39 is 0 Å². The molecule has 0 aromatic heterocycles. The summed E-state index contributed by atoms with van der Waals surface area (Å²) in [6, 6.07) is 7.94. The third-order valence-electron chi connectivity index (χ3n) is 3.11. The zero-order valence-electron chi connectivity index (χ0n) is 11.6. The summed E-state index contributed by atoms with van der Waals surface area (Å²) >= 11 is 1.71. The van der Waals surface area contributed by atoms with Gasteiger partial charge in [0.25, 0.3) is 0 Å². The first-order chi connectivity index (χ1) is 9.29. The van der Waals surface area contributed by atoms with Crippen molar-refractivity contribution in [3.8, 4) is 5.75 Å². The highest BCUT2D eigenvalue weighted by Crippen LogP contribution is 2.22. The second-order valence-electron chi connectivity index (χ2n) is 4.40. The molecular formula is C14H21ClN2O2S. The van der Waals surface area contributed by atoms with E-state index in [1.54, 1.807) is 18.9 Å². The molecule has 1 aromatic carbocycles. The topological polar surface area (TPSA) is 41.6 Å². The van der Waals surface area contributed by atoms with Crippen molar-refractivity contribution in [1.29, 1.82) is 0 Å². The van der Waals surface area contributed by atoms with Crippen molar-refractivity contribution in [2.24, 2.45) is 0 Å². The minimum absolute atomic E-state index is 0. The number of nitrogens with one attached hydrogen (secondary N) is 1. The maximum absolute atomic E-state index is 12.0. The van der Waals surface area contributed by atoms with Crippen LogP contribution in [-0.2, 0) is 4.79 Å². The van der Waals surface area contributed by atoms with E-state index in [2.05, 4.69) is 5.32 Å². The molecule has 1 fully saturated rings. The molecule has 1 aliphatic rings. The quantitative estimate of drug-likeness (QED) is 0.844. The van der Waals surface area contributed by atoms with Gasteiger partial charge in [-0.15, -0.1) is 24.2 Å². The summed E-state index contributed by atoms with van der Waals surface area (Å²) in [4.78, 5) is 15.1. The third-order valence-corrected chi connectivity index (χ3v) is 4.13. The standard InChI is InChI=1S/C14H20N2O2S.ClH/c1-18-12-2-4-13(5-3-12)19-11-6-14(17)16-9-7-15-8-10-16;/h2-5,15H,6-11H2,1H3;1H. The van der Waals surface area contributed by atoms with Crippen LogP contribution >= 0.6 is 24.2 Å². The Morgan fingerprint density at radius 1 is 1.30 bits per heavy atom. The van der Waals surface area contributed by atoms with Gasteiger partial charge in [-0.1, -0.05) is 0 Å². The number of thioether (sulfide) groups is 1. The Balaban J connectivity index is 0.00000200. The van der Waals surface area contributed by atoms with Gasteiger partial charge in [-0.3, -0.25) is 4.79 Å². The van der Waals surface area contributed by atoms with Gasteiger partial charge in [0, 0.05) is 43.2 Å². The number of carbonyl (C=O) groups is 1. The van der Waals surface area contributed by atoms with Crippen molar-refractivity contribution >= 4 is 30.1 Å². The summed E-state index contributed by atoms with van der Waals surface area (Å²) in [7, 11) is 1.66. The van der Waals surface area contributed by atoms with Crippen LogP contribution in [0.2, 0.25) is 0 Å². The van der Waals surface area contributed by atoms with Crippen molar-refractivity contribution in [2.75, 3.05) is 39.0 Å². The molecule has 1 aliphatic heterocycles. The van der Waals surface area contributed by atoms with Crippen molar-refractivity contribution in [2.45, 2.75) is 11.3 Å². The Morgan fingerprint density at radius 3 is 2.55 bits per heavy atom. The molecule has 0 spiro atoms. The fourth-order valence-corrected chi connectivity index (χ4v) is 2.84. The first kappa shape index (κ1) is 17.1. The maximum Gasteiger partial charge on any atom is 0.223 e. The number of carbonyl (C=O) groups excluding carboxylic acids is 1. The van der Waals surface area contributed by atoms with Crippen molar-refractivity contribution < 1.29 is 9.53 Å². The van der Waals surface area contributed by atoms with E-state index in [9.17, 15) is 4.79 Å². The molecule has 1 heterocycles. The Kier molecular flexibility index (Phi) is 7.80. The van der Waals surface area contributed by atoms with Gasteiger partial charge in [0.05, 0.1) is 7.11 Å². The maximum atomic E-state index is 12.0. The molecule has 0 unspecified atom stereocenters. The zero-order valence-corrected chi connectivity index (χ0v) is 13.3. The highest BCUT2D eigenvalue weighted by atomic mass is 35.5. The molecular weight excluding hydrogens is 296 g/mol. The molecule has 1 saturated heterocycles. The van der Waals surface area contributed by atoms with Gasteiger partial charge in [0.1, 0.15) is 5.75 Å². The molecule has 2 rings (SSSR count). The zero-order chi connectivity index (χ0) is 13.5. The van der Waals surface area contributed by atoms with Crippen LogP contribution in [0.3, 0.4) is 0 Å². The summed E-state index contributed by atoms with van der Waals surface area (Å²) in [5.74, 6) is 1.96. The van der Waals surface area contributed by atoms with Crippen LogP contribution < -0.4 is 10.1 Å². The summed E-state index contributed by atoms with van der Waals surface area (Å²) < 4.78 is 5.12. The second kappa shape index (κ2) is 9.10. The Bertz CT molecular complexity index is 408. The summed E-state index contributed by atoms with van der Waals surface area (Å²) in [5, 5.41) is 3.25. The van der Waals surface area contributed by atoms with E-state index in [1.807, 2.05) is 29.2 Å². The Hall–Kier alpha value is -0.910. The normalized spacial score (nSPS) is 14.6. The summed E-state index contributed by atoms with van der Waals surface area (Å²) in [6.45, 7) is 3.51. The van der Waals surface area contributed by atoms with Crippen LogP contribution in [0, 0.1) is 0 Å². The van der Waals surface area contributed by atoms with Crippen LogP contribution in [0.5, 0.6) is 5.75 Å². The number of benzene rings is 1. The smallest absolute Gasteiger partial charge is 0.223 e. The fraction of sp³-hybridized carbons (Fsp3) is 0.500. The Labute approximate surface area is 130 Å². The number of methoxy groups -OCH3 is 1. The molecule has 1 aromatic rings. The lowest BCUT2D eigenvalue weighted by molar-refractivity contribution is -0.131. The highest BCUT2D eigenvalue weighted by molar-refractivity contribution is 7.99. The molecule has 1 amide bonds. The second-order valence-corrected chi connectivity index (χ2v) is 5.57. The lowest BCUT2D eigenvalue weighted by Crippen LogP contribution is -2.46. The van der Waals surface area contributed by atoms with E-state index in [0.717, 1.165) is 37.7 Å². The molecule has 0 aliphatic carbocycles. The lowest BCUT2D eigenvalue weighted by Gasteiger charge is -2.27. The molecule has 0 saturated carbocycles. The van der Waals surface area contributed by atoms with Crippen molar-refractivity contribution in [3.05, 3.63) is 24.3 Å². The van der Waals surface area contributed by atoms with Gasteiger partial charge < -0.3 is 15.0 Å². The van der Waals surface area contributed by atoms with Crippen molar-refractivity contribution in [3.63, 3.8) is 0 Å². The molecule has 4 nitrogen and oxygen atoms in total. The molecule has 1 N–H and O–H groups in total. The van der Waals surface area contributed by atoms with Gasteiger partial charge in [-0.25, -0.2) is 0 Å². The summed E-state index contributed by atoms with van der Waals surface area (Å²) in [6.07, 6.45) is 0.608. The number of hydrogen-bond acceptors (Lipinski definition) is 4. The van der Waals surface area contributed by atoms with Crippen LogP contribution in [0.25, 0.3) is 0 Å². The molecule has 112 valence electrons. The van der Waals surface area contributed by atoms with E-state index in [0.29, 0.717) is 6.42 Å². The summed E-state index contributed by atoms with van der Waals surface area (Å²) in [5.41, 5.74) is 0. The van der Waals surface area contributed by atoms with Gasteiger partial charge in [0.15, 0.2) is 0 Å². The Morgan fingerprint density at radius 2 is 1.95 bits per heavy atom. The molecule has 0 atom stereocenters. The number of rotatable bonds is 5. The van der Waals surface area contributed by atoms with E-state index in [-0.39, 0.29) is 18.3 Å². The number of ether oxygens (including phenoxy) is 1. The molecule has 6 heteroatoms. The van der Waals surface area contributed by atoms with Gasteiger partial charge in [0.2, 0.25) is 5.91 Å². The average molecular weight is 317 g/mol. The van der Waals surface area contributed by atoms with Crippen LogP contribution in [0.15, 0.2) is 29.2 Å². The van der Waals surface area contributed by atoms with E-state index in [1.165, 1.54) is 4.90 Å². The van der Waals surface area contributed by atoms with Crippen LogP contribution in [0.1, 0.15) is 6.42 Å². The van der Waals surface area contributed by atoms with Crippen molar-refractivity contribution in [1.82, 2.24) is 10.2 Å². The average Bonchev–Trinajstić information content (AvgIpc) is 2.49. The predicted octanol–water partition coefficient (Wildman–Crippen LogP) is 2.03. The first-order valence-corrected chi connectivity index (χ1v) is 7.53. The van der Waals surface area contributed by atoms with Gasteiger partial charge >= 0.3 is 0 Å². The van der Waals surface area contributed by atoms with Gasteiger partial charge in [-0.2, -0.15) is 0 Å². The molecule has 0 bridgehead atoms. The van der Waals surface area contributed by atoms with Crippen LogP contribution in [-0.4, -0.2) is 49.8 Å². The number of hydrogen-bond donors (Lipinski definition) is 1. The van der Waals surface area contributed by atoms with E-state index >= 15 is 0 Å². The third kappa shape index (κ3) is 5.23. The van der Waals surface area contributed by atoms with E-state index in [4.69, 9.17) is 4.74 Å². The number of nitrogens with zero attached hydrogens (tertiary/aromatic N) is 1. The predicted molar refractivity (Wildman–Crippen MR) is 85.0 cm³/mol. The largest absolute Gasteiger partial charge is 0.497 e. The lowest BCUT2D eigenvalue weighted by atomic mass is 10.3. The number of halogens is 1.